The fraction of sp³-hybridized carbons (Fsp3) is 0.500. The van der Waals surface area contributed by atoms with Crippen molar-refractivity contribution in [1.29, 1.82) is 5.26 Å². The van der Waals surface area contributed by atoms with Gasteiger partial charge in [0, 0.05) is 31.6 Å². The highest BCUT2D eigenvalue weighted by Crippen LogP contribution is 2.21. The summed E-state index contributed by atoms with van der Waals surface area (Å²) in [5.41, 5.74) is 0.304. The van der Waals surface area contributed by atoms with Crippen molar-refractivity contribution in [3.63, 3.8) is 0 Å². The van der Waals surface area contributed by atoms with Gasteiger partial charge in [-0.15, -0.1) is 0 Å². The molecule has 1 N–H and O–H groups in total. The molecule has 1 amide bonds. The molecular formula is C18H22N6O3. The number of methoxy groups -OCH3 is 1. The van der Waals surface area contributed by atoms with E-state index in [1.54, 1.807) is 24.1 Å². The molecule has 0 aromatic carbocycles. The molecule has 9 heteroatoms. The summed E-state index contributed by atoms with van der Waals surface area (Å²) in [6.07, 6.45) is 8.43. The van der Waals surface area contributed by atoms with E-state index in [9.17, 15) is 10.1 Å². The van der Waals surface area contributed by atoms with E-state index in [0.29, 0.717) is 13.2 Å². The molecule has 27 heavy (non-hydrogen) atoms. The van der Waals surface area contributed by atoms with Crippen LogP contribution in [0, 0.1) is 11.3 Å². The van der Waals surface area contributed by atoms with Crippen LogP contribution < -0.4 is 5.32 Å². The maximum atomic E-state index is 12.6. The molecule has 2 heterocycles. The summed E-state index contributed by atoms with van der Waals surface area (Å²) in [5.74, 6) is -0.0639. The highest BCUT2D eigenvalue weighted by atomic mass is 16.5. The number of nitrogens with zero attached hydrogens (tertiary/aromatic N) is 5. The van der Waals surface area contributed by atoms with Gasteiger partial charge in [-0.25, -0.2) is 15.0 Å². The second kappa shape index (κ2) is 9.21. The molecule has 1 aliphatic rings. The Balaban J connectivity index is 1.60. The first kappa shape index (κ1) is 18.9. The minimum absolute atomic E-state index is 0.0666. The van der Waals surface area contributed by atoms with Crippen molar-refractivity contribution in [2.75, 3.05) is 20.3 Å². The molecule has 0 bridgehead atoms. The van der Waals surface area contributed by atoms with Crippen molar-refractivity contribution in [2.45, 2.75) is 37.8 Å². The highest BCUT2D eigenvalue weighted by Gasteiger charge is 2.24. The zero-order valence-corrected chi connectivity index (χ0v) is 15.2. The second-order valence-electron chi connectivity index (χ2n) is 6.33. The monoisotopic (exact) mass is 370 g/mol. The van der Waals surface area contributed by atoms with Gasteiger partial charge in [0.2, 0.25) is 5.95 Å². The Morgan fingerprint density at radius 3 is 2.81 bits per heavy atom. The normalized spacial score (nSPS) is 19.4. The lowest BCUT2D eigenvalue weighted by atomic mass is 9.93. The van der Waals surface area contributed by atoms with E-state index < -0.39 is 0 Å². The molecular weight excluding hydrogens is 348 g/mol. The summed E-state index contributed by atoms with van der Waals surface area (Å²) in [6.45, 7) is 1.18. The zero-order valence-electron chi connectivity index (χ0n) is 15.2. The van der Waals surface area contributed by atoms with Crippen molar-refractivity contribution >= 4 is 5.91 Å². The second-order valence-corrected chi connectivity index (χ2v) is 6.33. The van der Waals surface area contributed by atoms with Gasteiger partial charge in [-0.3, -0.25) is 9.36 Å². The number of ether oxygens (including phenoxy) is 2. The third kappa shape index (κ3) is 5.09. The lowest BCUT2D eigenvalue weighted by molar-refractivity contribution is -0.00409. The fourth-order valence-electron chi connectivity index (χ4n) is 3.03. The summed E-state index contributed by atoms with van der Waals surface area (Å²) >= 11 is 0. The number of hydrogen-bond acceptors (Lipinski definition) is 7. The molecule has 2 aromatic rings. The topological polar surface area (TPSA) is 115 Å². The number of nitrogens with one attached hydrogen (secondary N) is 1. The lowest BCUT2D eigenvalue weighted by Crippen LogP contribution is -2.39. The largest absolute Gasteiger partial charge is 0.382 e. The SMILES string of the molecule is COCCO[C@H]1CC[C@H](NC(=O)c2cc(C#N)nc(-n3ccnc3)n2)CC1. The Bertz CT molecular complexity index is 794. The minimum atomic E-state index is -0.306. The lowest BCUT2D eigenvalue weighted by Gasteiger charge is -2.29. The van der Waals surface area contributed by atoms with Crippen molar-refractivity contribution < 1.29 is 14.3 Å². The van der Waals surface area contributed by atoms with Gasteiger partial charge in [-0.2, -0.15) is 5.26 Å². The van der Waals surface area contributed by atoms with Crippen LogP contribution in [0.2, 0.25) is 0 Å². The van der Waals surface area contributed by atoms with Crippen LogP contribution in [0.1, 0.15) is 41.9 Å². The van der Waals surface area contributed by atoms with Crippen molar-refractivity contribution in [3.05, 3.63) is 36.2 Å². The molecule has 0 radical (unpaired) electrons. The maximum absolute atomic E-state index is 12.6. The summed E-state index contributed by atoms with van der Waals surface area (Å²) in [7, 11) is 1.65. The predicted octanol–water partition coefficient (Wildman–Crippen LogP) is 1.24. The van der Waals surface area contributed by atoms with Gasteiger partial charge in [-0.1, -0.05) is 0 Å². The summed E-state index contributed by atoms with van der Waals surface area (Å²) in [4.78, 5) is 24.9. The molecule has 3 rings (SSSR count). The Morgan fingerprint density at radius 1 is 1.33 bits per heavy atom. The first-order chi connectivity index (χ1) is 13.2. The Kier molecular flexibility index (Phi) is 6.46. The smallest absolute Gasteiger partial charge is 0.270 e. The van der Waals surface area contributed by atoms with Crippen LogP contribution >= 0.6 is 0 Å². The maximum Gasteiger partial charge on any atom is 0.270 e. The van der Waals surface area contributed by atoms with Gasteiger partial charge < -0.3 is 14.8 Å². The third-order valence-corrected chi connectivity index (χ3v) is 4.45. The minimum Gasteiger partial charge on any atom is -0.382 e. The van der Waals surface area contributed by atoms with E-state index in [1.165, 1.54) is 12.4 Å². The summed E-state index contributed by atoms with van der Waals surface area (Å²) in [6, 6.07) is 3.43. The quantitative estimate of drug-likeness (QED) is 0.729. The number of rotatable bonds is 7. The number of imidazole rings is 1. The van der Waals surface area contributed by atoms with Gasteiger partial charge in [0.1, 0.15) is 23.8 Å². The molecule has 0 saturated heterocycles. The van der Waals surface area contributed by atoms with Crippen LogP contribution in [0.3, 0.4) is 0 Å². The standard InChI is InChI=1S/C18H22N6O3/c1-26-8-9-27-15-4-2-13(3-5-15)21-17(25)16-10-14(11-19)22-18(23-16)24-7-6-20-12-24/h6-7,10,12-13,15H,2-5,8-9H2,1H3,(H,21,25)/t13-,15-. The number of nitriles is 1. The van der Waals surface area contributed by atoms with Crippen LogP contribution in [0.15, 0.2) is 24.8 Å². The van der Waals surface area contributed by atoms with Crippen molar-refractivity contribution in [3.8, 4) is 12.0 Å². The van der Waals surface area contributed by atoms with Gasteiger partial charge in [0.15, 0.2) is 0 Å². The summed E-state index contributed by atoms with van der Waals surface area (Å²) < 4.78 is 12.3. The number of hydrogen-bond donors (Lipinski definition) is 1. The van der Waals surface area contributed by atoms with Gasteiger partial charge in [0.05, 0.1) is 19.3 Å². The zero-order chi connectivity index (χ0) is 19.1. The molecule has 1 fully saturated rings. The van der Waals surface area contributed by atoms with E-state index in [1.807, 2.05) is 6.07 Å². The van der Waals surface area contributed by atoms with E-state index >= 15 is 0 Å². The Labute approximate surface area is 157 Å². The molecule has 9 nitrogen and oxygen atoms in total. The third-order valence-electron chi connectivity index (χ3n) is 4.45. The molecule has 1 aliphatic carbocycles. The Morgan fingerprint density at radius 2 is 2.15 bits per heavy atom. The van der Waals surface area contributed by atoms with E-state index in [2.05, 4.69) is 20.3 Å². The predicted molar refractivity (Wildman–Crippen MR) is 95.2 cm³/mol. The van der Waals surface area contributed by atoms with Crippen LogP contribution in [0.25, 0.3) is 5.95 Å². The van der Waals surface area contributed by atoms with Crippen molar-refractivity contribution in [2.24, 2.45) is 0 Å². The van der Waals surface area contributed by atoms with Crippen LogP contribution in [0.5, 0.6) is 0 Å². The molecule has 0 aliphatic heterocycles. The molecule has 0 unspecified atom stereocenters. The number of carbonyl (C=O) groups excluding carboxylic acids is 1. The molecule has 142 valence electrons. The summed E-state index contributed by atoms with van der Waals surface area (Å²) in [5, 5.41) is 12.2. The first-order valence-electron chi connectivity index (χ1n) is 8.88. The van der Waals surface area contributed by atoms with Crippen LogP contribution in [-0.4, -0.2) is 57.9 Å². The molecule has 0 spiro atoms. The van der Waals surface area contributed by atoms with Gasteiger partial charge >= 0.3 is 0 Å². The van der Waals surface area contributed by atoms with E-state index in [-0.39, 0.29) is 35.4 Å². The number of aromatic nitrogens is 4. The van der Waals surface area contributed by atoms with E-state index in [4.69, 9.17) is 9.47 Å². The molecule has 2 aromatic heterocycles. The van der Waals surface area contributed by atoms with Crippen LogP contribution in [-0.2, 0) is 9.47 Å². The number of amides is 1. The fourth-order valence-corrected chi connectivity index (χ4v) is 3.03. The van der Waals surface area contributed by atoms with Crippen molar-refractivity contribution in [1.82, 2.24) is 24.8 Å². The first-order valence-corrected chi connectivity index (χ1v) is 8.88. The average Bonchev–Trinajstić information content (AvgIpc) is 3.24. The number of carbonyl (C=O) groups is 1. The van der Waals surface area contributed by atoms with Gasteiger partial charge in [-0.05, 0) is 25.7 Å². The molecule has 1 saturated carbocycles. The Hall–Kier alpha value is -2.83. The average molecular weight is 370 g/mol. The van der Waals surface area contributed by atoms with Gasteiger partial charge in [0.25, 0.3) is 5.91 Å². The van der Waals surface area contributed by atoms with E-state index in [0.717, 1.165) is 25.7 Å². The van der Waals surface area contributed by atoms with Crippen LogP contribution in [0.4, 0.5) is 0 Å². The highest BCUT2D eigenvalue weighted by molar-refractivity contribution is 5.92. The molecule has 0 atom stereocenters.